The van der Waals surface area contributed by atoms with Gasteiger partial charge in [-0.2, -0.15) is 0 Å². The fourth-order valence-electron chi connectivity index (χ4n) is 3.81. The Morgan fingerprint density at radius 2 is 2.06 bits per heavy atom. The van der Waals surface area contributed by atoms with Crippen LogP contribution in [-0.2, 0) is 9.84 Å². The number of ether oxygens (including phenoxy) is 2. The second kappa shape index (κ2) is 9.59. The van der Waals surface area contributed by atoms with Gasteiger partial charge in [-0.3, -0.25) is 0 Å². The van der Waals surface area contributed by atoms with E-state index in [2.05, 4.69) is 9.97 Å². The number of aromatic nitrogens is 2. The predicted molar refractivity (Wildman–Crippen MR) is 128 cm³/mol. The second-order valence-electron chi connectivity index (χ2n) is 7.81. The minimum atomic E-state index is -3.31. The van der Waals surface area contributed by atoms with Gasteiger partial charge in [-0.05, 0) is 37.6 Å². The molecule has 1 aliphatic rings. The molecule has 0 fully saturated rings. The lowest BCUT2D eigenvalue weighted by Gasteiger charge is -2.22. The monoisotopic (exact) mass is 488 g/mol. The molecule has 1 aromatic carbocycles. The molecule has 3 aromatic rings. The third-order valence-corrected chi connectivity index (χ3v) is 7.07. The number of aliphatic hydroxyl groups is 1. The summed E-state index contributed by atoms with van der Waals surface area (Å²) >= 11 is 6.35. The first-order valence-corrected chi connectivity index (χ1v) is 12.8. The quantitative estimate of drug-likeness (QED) is 0.484. The molecular formula is C24H25ClN2O5S. The van der Waals surface area contributed by atoms with Crippen molar-refractivity contribution in [2.45, 2.75) is 19.4 Å². The number of benzene rings is 1. The van der Waals surface area contributed by atoms with Gasteiger partial charge in [0.1, 0.15) is 11.8 Å². The lowest BCUT2D eigenvalue weighted by Crippen LogP contribution is -2.17. The van der Waals surface area contributed by atoms with Crippen LogP contribution in [0.15, 0.2) is 64.8 Å². The number of halogens is 1. The molecule has 2 aromatic heterocycles. The van der Waals surface area contributed by atoms with Gasteiger partial charge in [0.2, 0.25) is 0 Å². The summed E-state index contributed by atoms with van der Waals surface area (Å²) in [6.07, 6.45) is 7.22. The van der Waals surface area contributed by atoms with E-state index in [0.29, 0.717) is 46.3 Å². The first kappa shape index (κ1) is 23.4. The summed E-state index contributed by atoms with van der Waals surface area (Å²) in [5.74, 6) is 0.752. The van der Waals surface area contributed by atoms with Crippen molar-refractivity contribution >= 4 is 32.5 Å². The number of pyridine rings is 1. The van der Waals surface area contributed by atoms with Gasteiger partial charge in [0.25, 0.3) is 0 Å². The van der Waals surface area contributed by atoms with Crippen LogP contribution in [0.25, 0.3) is 11.0 Å². The third kappa shape index (κ3) is 4.93. The van der Waals surface area contributed by atoms with E-state index in [1.54, 1.807) is 36.7 Å². The molecule has 0 radical (unpaired) electrons. The van der Waals surface area contributed by atoms with E-state index >= 15 is 0 Å². The van der Waals surface area contributed by atoms with Crippen LogP contribution in [-0.4, -0.2) is 43.0 Å². The number of hydrogen-bond donors (Lipinski definition) is 2. The molecule has 2 unspecified atom stereocenters. The number of aliphatic hydroxyl groups excluding tert-OH is 1. The average molecular weight is 489 g/mol. The molecule has 2 N–H and O–H groups in total. The highest BCUT2D eigenvalue weighted by Gasteiger charge is 2.25. The zero-order valence-corrected chi connectivity index (χ0v) is 19.9. The molecular weight excluding hydrogens is 464 g/mol. The van der Waals surface area contributed by atoms with E-state index in [4.69, 9.17) is 21.1 Å². The highest BCUT2D eigenvalue weighted by Crippen LogP contribution is 2.40. The van der Waals surface area contributed by atoms with Crippen molar-refractivity contribution in [3.8, 4) is 11.5 Å². The van der Waals surface area contributed by atoms with Crippen LogP contribution in [0.1, 0.15) is 30.6 Å². The fraction of sp³-hybridized carbons (Fsp3) is 0.292. The number of para-hydroxylation sites is 1. The summed E-state index contributed by atoms with van der Waals surface area (Å²) in [6.45, 7) is 2.49. The number of sulfone groups is 1. The maximum Gasteiger partial charge on any atom is 0.175 e. The topological polar surface area (TPSA) is 102 Å². The van der Waals surface area contributed by atoms with E-state index in [9.17, 15) is 13.5 Å². The molecule has 33 heavy (non-hydrogen) atoms. The third-order valence-electron chi connectivity index (χ3n) is 5.51. The summed E-state index contributed by atoms with van der Waals surface area (Å²) < 4.78 is 35.5. The van der Waals surface area contributed by atoms with Crippen molar-refractivity contribution in [1.82, 2.24) is 9.97 Å². The van der Waals surface area contributed by atoms with Gasteiger partial charge in [0, 0.05) is 46.1 Å². The minimum Gasteiger partial charge on any atom is -0.490 e. The lowest BCUT2D eigenvalue weighted by atomic mass is 10.00. The Labute approximate surface area is 197 Å². The summed E-state index contributed by atoms with van der Waals surface area (Å²) in [5, 5.41) is 12.5. The Bertz CT molecular complexity index is 1330. The van der Waals surface area contributed by atoms with Crippen molar-refractivity contribution in [3.63, 3.8) is 0 Å². The van der Waals surface area contributed by atoms with Gasteiger partial charge < -0.3 is 19.6 Å². The number of allylic oxidation sites excluding steroid dienone is 2. The summed E-state index contributed by atoms with van der Waals surface area (Å²) in [5.41, 5.74) is 1.95. The van der Waals surface area contributed by atoms with Crippen LogP contribution in [0.2, 0.25) is 0 Å². The molecule has 4 rings (SSSR count). The van der Waals surface area contributed by atoms with Crippen LogP contribution in [0.5, 0.6) is 11.5 Å². The molecule has 0 saturated heterocycles. The van der Waals surface area contributed by atoms with Crippen LogP contribution >= 0.6 is 11.6 Å². The Morgan fingerprint density at radius 1 is 1.24 bits per heavy atom. The summed E-state index contributed by atoms with van der Waals surface area (Å²) in [7, 11) is -3.31. The molecule has 0 saturated carbocycles. The number of H-pyrrole nitrogens is 1. The van der Waals surface area contributed by atoms with E-state index < -0.39 is 15.9 Å². The van der Waals surface area contributed by atoms with Crippen molar-refractivity contribution in [1.29, 1.82) is 0 Å². The molecule has 0 spiro atoms. The first-order valence-electron chi connectivity index (χ1n) is 10.6. The van der Waals surface area contributed by atoms with Crippen LogP contribution in [0.3, 0.4) is 0 Å². The molecule has 2 heterocycles. The normalized spacial score (nSPS) is 17.4. The first-order chi connectivity index (χ1) is 15.8. The van der Waals surface area contributed by atoms with E-state index in [0.717, 1.165) is 11.6 Å². The molecule has 7 nitrogen and oxygen atoms in total. The molecule has 0 bridgehead atoms. The Balaban J connectivity index is 1.58. The Hall–Kier alpha value is -2.81. The fourth-order valence-corrected chi connectivity index (χ4v) is 4.89. The van der Waals surface area contributed by atoms with Gasteiger partial charge in [-0.1, -0.05) is 29.8 Å². The van der Waals surface area contributed by atoms with Gasteiger partial charge >= 0.3 is 0 Å². The van der Waals surface area contributed by atoms with E-state index in [1.807, 2.05) is 19.1 Å². The SMILES string of the molecule is CCOc1c(OCC2CC=C(S(C)(=O)=O)C=C2Cl)cccc1C(O)c1c[nH]c2ncccc12. The summed E-state index contributed by atoms with van der Waals surface area (Å²) in [4.78, 5) is 7.58. The molecule has 0 aliphatic heterocycles. The number of nitrogens with zero attached hydrogens (tertiary/aromatic N) is 1. The van der Waals surface area contributed by atoms with Crippen LogP contribution in [0.4, 0.5) is 0 Å². The van der Waals surface area contributed by atoms with Crippen molar-refractivity contribution in [3.05, 3.63) is 75.9 Å². The number of hydrogen-bond acceptors (Lipinski definition) is 6. The molecule has 0 amide bonds. The second-order valence-corrected chi connectivity index (χ2v) is 10.3. The van der Waals surface area contributed by atoms with Crippen molar-refractivity contribution in [2.75, 3.05) is 19.5 Å². The smallest absolute Gasteiger partial charge is 0.175 e. The molecule has 2 atom stereocenters. The Morgan fingerprint density at radius 3 is 2.79 bits per heavy atom. The lowest BCUT2D eigenvalue weighted by molar-refractivity contribution is 0.206. The number of rotatable bonds is 8. The average Bonchev–Trinajstić information content (AvgIpc) is 3.22. The molecule has 9 heteroatoms. The highest BCUT2D eigenvalue weighted by molar-refractivity contribution is 7.94. The zero-order valence-electron chi connectivity index (χ0n) is 18.3. The molecule has 1 aliphatic carbocycles. The van der Waals surface area contributed by atoms with E-state index in [-0.39, 0.29) is 17.4 Å². The van der Waals surface area contributed by atoms with Gasteiger partial charge in [-0.15, -0.1) is 0 Å². The van der Waals surface area contributed by atoms with Gasteiger partial charge in [0.05, 0.1) is 18.1 Å². The predicted octanol–water partition coefficient (Wildman–Crippen LogP) is 4.49. The van der Waals surface area contributed by atoms with Gasteiger partial charge in [0.15, 0.2) is 21.3 Å². The standard InChI is InChI=1S/C24H25ClN2O5S/c1-3-31-23-18(22(28)19-13-27-24-17(19)7-5-11-26-24)6-4-8-21(23)32-14-15-9-10-16(12-20(15)25)33(2,29)30/h4-8,10-13,15,22,28H,3,9,14H2,1-2H3,(H,26,27). The van der Waals surface area contributed by atoms with Gasteiger partial charge in [-0.25, -0.2) is 13.4 Å². The van der Waals surface area contributed by atoms with E-state index in [1.165, 1.54) is 6.08 Å². The summed E-state index contributed by atoms with van der Waals surface area (Å²) in [6, 6.07) is 9.08. The minimum absolute atomic E-state index is 0.181. The molecule has 174 valence electrons. The van der Waals surface area contributed by atoms with Crippen LogP contribution in [0, 0.1) is 5.92 Å². The maximum atomic E-state index is 11.8. The van der Waals surface area contributed by atoms with Crippen LogP contribution < -0.4 is 9.47 Å². The van der Waals surface area contributed by atoms with Crippen molar-refractivity contribution < 1.29 is 23.0 Å². The van der Waals surface area contributed by atoms with Crippen molar-refractivity contribution in [2.24, 2.45) is 5.92 Å². The largest absolute Gasteiger partial charge is 0.490 e. The number of aromatic amines is 1. The zero-order chi connectivity index (χ0) is 23.6. The highest BCUT2D eigenvalue weighted by atomic mass is 35.5. The number of nitrogens with one attached hydrogen (secondary N) is 1. The maximum absolute atomic E-state index is 11.8. The number of fused-ring (bicyclic) bond motifs is 1. The Kier molecular flexibility index (Phi) is 6.78.